The van der Waals surface area contributed by atoms with Gasteiger partial charge in [-0.15, -0.1) is 11.8 Å². The van der Waals surface area contributed by atoms with Gasteiger partial charge in [-0.05, 0) is 73.1 Å². The molecule has 186 valence electrons. The van der Waals surface area contributed by atoms with Crippen LogP contribution in [0.25, 0.3) is 6.08 Å². The summed E-state index contributed by atoms with van der Waals surface area (Å²) in [4.78, 5) is 13.9. The van der Waals surface area contributed by atoms with Crippen molar-refractivity contribution in [3.05, 3.63) is 59.7 Å². The lowest BCUT2D eigenvalue weighted by atomic mass is 10.1. The maximum absolute atomic E-state index is 12.7. The molecule has 0 atom stereocenters. The molecule has 34 heavy (non-hydrogen) atoms. The van der Waals surface area contributed by atoms with Crippen molar-refractivity contribution in [2.45, 2.75) is 83.5 Å². The van der Waals surface area contributed by atoms with Crippen LogP contribution in [0, 0.1) is 0 Å². The van der Waals surface area contributed by atoms with Crippen molar-refractivity contribution in [3.8, 4) is 11.5 Å². The maximum Gasteiger partial charge on any atom is 0.185 e. The van der Waals surface area contributed by atoms with Crippen LogP contribution in [-0.4, -0.2) is 24.7 Å². The number of thioether (sulfide) groups is 1. The predicted molar refractivity (Wildman–Crippen MR) is 147 cm³/mol. The van der Waals surface area contributed by atoms with Gasteiger partial charge >= 0.3 is 0 Å². The van der Waals surface area contributed by atoms with Gasteiger partial charge in [0.25, 0.3) is 0 Å². The minimum absolute atomic E-state index is 0.0000347. The number of ketones is 1. The normalized spacial score (nSPS) is 11.1. The van der Waals surface area contributed by atoms with Gasteiger partial charge < -0.3 is 9.47 Å². The van der Waals surface area contributed by atoms with E-state index in [1.807, 2.05) is 60.3 Å². The first-order chi connectivity index (χ1) is 16.7. The summed E-state index contributed by atoms with van der Waals surface area (Å²) >= 11 is 1.82. The van der Waals surface area contributed by atoms with Crippen molar-refractivity contribution >= 4 is 23.6 Å². The fraction of sp³-hybridized carbons (Fsp3) is 0.500. The molecule has 0 N–H and O–H groups in total. The summed E-state index contributed by atoms with van der Waals surface area (Å²) in [6.07, 6.45) is 14.0. The van der Waals surface area contributed by atoms with Crippen LogP contribution < -0.4 is 9.47 Å². The Morgan fingerprint density at radius 2 is 1.35 bits per heavy atom. The molecule has 0 fully saturated rings. The van der Waals surface area contributed by atoms with Crippen molar-refractivity contribution in [3.63, 3.8) is 0 Å². The van der Waals surface area contributed by atoms with E-state index in [0.717, 1.165) is 42.1 Å². The summed E-state index contributed by atoms with van der Waals surface area (Å²) in [7, 11) is 0. The smallest absolute Gasteiger partial charge is 0.185 e. The zero-order chi connectivity index (χ0) is 24.4. The molecule has 2 aromatic carbocycles. The second kappa shape index (κ2) is 17.3. The van der Waals surface area contributed by atoms with Crippen LogP contribution in [0.15, 0.2) is 53.4 Å². The molecule has 0 saturated heterocycles. The number of carbonyl (C=O) groups excluding carboxylic acids is 1. The molecule has 0 amide bonds. The molecular formula is C30H42O3S. The van der Waals surface area contributed by atoms with Gasteiger partial charge in [0.2, 0.25) is 0 Å². The molecule has 3 nitrogen and oxygen atoms in total. The minimum Gasteiger partial charge on any atom is -0.493 e. The van der Waals surface area contributed by atoms with Crippen LogP contribution in [0.4, 0.5) is 0 Å². The number of carbonyl (C=O) groups is 1. The third kappa shape index (κ3) is 11.3. The summed E-state index contributed by atoms with van der Waals surface area (Å²) < 4.78 is 12.0. The molecule has 2 rings (SSSR count). The first kappa shape index (κ1) is 28.0. The molecule has 0 aliphatic heterocycles. The second-order valence-electron chi connectivity index (χ2n) is 8.63. The molecule has 0 aliphatic rings. The Kier molecular flexibility index (Phi) is 14.2. The van der Waals surface area contributed by atoms with Gasteiger partial charge in [-0.2, -0.15) is 0 Å². The Bertz CT molecular complexity index is 826. The maximum atomic E-state index is 12.7. The monoisotopic (exact) mass is 482 g/mol. The number of hydrogen-bond acceptors (Lipinski definition) is 4. The van der Waals surface area contributed by atoms with Gasteiger partial charge in [0.15, 0.2) is 5.78 Å². The van der Waals surface area contributed by atoms with E-state index >= 15 is 0 Å². The Morgan fingerprint density at radius 1 is 0.765 bits per heavy atom. The quantitative estimate of drug-likeness (QED) is 0.0919. The van der Waals surface area contributed by atoms with Gasteiger partial charge in [-0.25, -0.2) is 0 Å². The van der Waals surface area contributed by atoms with Crippen molar-refractivity contribution < 1.29 is 14.3 Å². The van der Waals surface area contributed by atoms with E-state index in [1.54, 1.807) is 6.08 Å². The van der Waals surface area contributed by atoms with E-state index < -0.39 is 0 Å². The van der Waals surface area contributed by atoms with Crippen molar-refractivity contribution in [2.24, 2.45) is 0 Å². The van der Waals surface area contributed by atoms with Crippen LogP contribution in [0.1, 0.15) is 94.5 Å². The number of rotatable bonds is 18. The third-order valence-corrected chi connectivity index (χ3v) is 6.69. The van der Waals surface area contributed by atoms with Gasteiger partial charge in [-0.3, -0.25) is 4.79 Å². The molecular weight excluding hydrogens is 440 g/mol. The Labute approximate surface area is 211 Å². The second-order valence-corrected chi connectivity index (χ2v) is 9.79. The molecule has 0 heterocycles. The molecule has 2 aromatic rings. The van der Waals surface area contributed by atoms with Crippen LogP contribution >= 0.6 is 11.8 Å². The standard InChI is InChI=1S/C30H42O3S/c1-4-7-9-11-19-32-27-22-25(23-28(24-27)33-20-12-10-8-5-2)13-18-30(31)26-14-16-29(17-15-26)34-21-6-3/h13-18,22-24H,4-12,19-21H2,1-3H3. The molecule has 4 heteroatoms. The third-order valence-electron chi connectivity index (χ3n) is 5.47. The van der Waals surface area contributed by atoms with Crippen LogP contribution in [0.3, 0.4) is 0 Å². The summed E-state index contributed by atoms with van der Waals surface area (Å²) in [5.41, 5.74) is 1.62. The number of benzene rings is 2. The first-order valence-electron chi connectivity index (χ1n) is 13.0. The van der Waals surface area contributed by atoms with Gasteiger partial charge in [0.1, 0.15) is 11.5 Å². The Morgan fingerprint density at radius 3 is 1.88 bits per heavy atom. The van der Waals surface area contributed by atoms with Crippen molar-refractivity contribution in [1.82, 2.24) is 0 Å². The van der Waals surface area contributed by atoms with E-state index in [4.69, 9.17) is 9.47 Å². The highest BCUT2D eigenvalue weighted by atomic mass is 32.2. The fourth-order valence-electron chi connectivity index (χ4n) is 3.50. The summed E-state index contributed by atoms with van der Waals surface area (Å²) in [5, 5.41) is 0. The summed E-state index contributed by atoms with van der Waals surface area (Å²) in [6.45, 7) is 7.99. The molecule has 0 radical (unpaired) electrons. The number of unbranched alkanes of at least 4 members (excludes halogenated alkanes) is 6. The van der Waals surface area contributed by atoms with E-state index in [0.29, 0.717) is 18.8 Å². The van der Waals surface area contributed by atoms with E-state index in [9.17, 15) is 4.79 Å². The molecule has 0 spiro atoms. The number of hydrogen-bond donors (Lipinski definition) is 0. The van der Waals surface area contributed by atoms with Crippen LogP contribution in [0.5, 0.6) is 11.5 Å². The lowest BCUT2D eigenvalue weighted by Crippen LogP contribution is -2.01. The Hall–Kier alpha value is -2.20. The average Bonchev–Trinajstić information content (AvgIpc) is 2.86. The lowest BCUT2D eigenvalue weighted by molar-refractivity contribution is 0.104. The highest BCUT2D eigenvalue weighted by Crippen LogP contribution is 2.25. The molecule has 0 aromatic heterocycles. The van der Waals surface area contributed by atoms with Gasteiger partial charge in [0.05, 0.1) is 13.2 Å². The highest BCUT2D eigenvalue weighted by Gasteiger charge is 2.05. The first-order valence-corrected chi connectivity index (χ1v) is 14.0. The van der Waals surface area contributed by atoms with Crippen molar-refractivity contribution in [2.75, 3.05) is 19.0 Å². The minimum atomic E-state index is -0.0000347. The van der Waals surface area contributed by atoms with Gasteiger partial charge in [0, 0.05) is 16.5 Å². The van der Waals surface area contributed by atoms with Crippen LogP contribution in [0.2, 0.25) is 0 Å². The zero-order valence-electron chi connectivity index (χ0n) is 21.3. The SMILES string of the molecule is CCCCCCOc1cc(C=CC(=O)c2ccc(SCCC)cc2)cc(OCCCCCC)c1. The molecule has 0 bridgehead atoms. The van der Waals surface area contributed by atoms with Crippen LogP contribution in [-0.2, 0) is 0 Å². The zero-order valence-corrected chi connectivity index (χ0v) is 22.1. The molecule has 0 unspecified atom stereocenters. The fourth-order valence-corrected chi connectivity index (χ4v) is 4.27. The number of allylic oxidation sites excluding steroid dienone is 1. The topological polar surface area (TPSA) is 35.5 Å². The average molecular weight is 483 g/mol. The van der Waals surface area contributed by atoms with Crippen molar-refractivity contribution in [1.29, 1.82) is 0 Å². The molecule has 0 aliphatic carbocycles. The van der Waals surface area contributed by atoms with E-state index in [1.165, 1.54) is 43.4 Å². The number of ether oxygens (including phenoxy) is 2. The molecule has 0 saturated carbocycles. The predicted octanol–water partition coefficient (Wildman–Crippen LogP) is 9.00. The summed E-state index contributed by atoms with van der Waals surface area (Å²) in [5.74, 6) is 2.69. The Balaban J connectivity index is 2.04. The van der Waals surface area contributed by atoms with Gasteiger partial charge in [-0.1, -0.05) is 65.4 Å². The largest absolute Gasteiger partial charge is 0.493 e. The summed E-state index contributed by atoms with van der Waals surface area (Å²) in [6, 6.07) is 13.8. The van der Waals surface area contributed by atoms with E-state index in [2.05, 4.69) is 20.8 Å². The lowest BCUT2D eigenvalue weighted by Gasteiger charge is -2.11. The van der Waals surface area contributed by atoms with E-state index in [-0.39, 0.29) is 5.78 Å². The highest BCUT2D eigenvalue weighted by molar-refractivity contribution is 7.99.